The number of nitrogens with one attached hydrogen (secondary N) is 1. The van der Waals surface area contributed by atoms with Crippen LogP contribution in [0.4, 0.5) is 0 Å². The maximum Gasteiger partial charge on any atom is 0.220 e. The van der Waals surface area contributed by atoms with Crippen LogP contribution in [0.5, 0.6) is 0 Å². The van der Waals surface area contributed by atoms with Gasteiger partial charge in [0.2, 0.25) is 5.91 Å². The van der Waals surface area contributed by atoms with E-state index in [9.17, 15) is 30.3 Å². The Balaban J connectivity index is 2.30. The molecule has 0 aliphatic carbocycles. The second-order valence-corrected chi connectivity index (χ2v) is 17.6. The molecule has 0 spiro atoms. The number of carbonyl (C=O) groups is 1. The lowest BCUT2D eigenvalue weighted by molar-refractivity contribution is -0.302. The molecule has 1 fully saturated rings. The van der Waals surface area contributed by atoms with Crippen molar-refractivity contribution >= 4 is 5.91 Å². The van der Waals surface area contributed by atoms with Crippen molar-refractivity contribution in [1.82, 2.24) is 5.32 Å². The minimum absolute atomic E-state index is 0.143. The molecule has 60 heavy (non-hydrogen) atoms. The Morgan fingerprint density at radius 2 is 0.983 bits per heavy atom. The molecule has 0 saturated carbocycles. The summed E-state index contributed by atoms with van der Waals surface area (Å²) >= 11 is 0. The van der Waals surface area contributed by atoms with Crippen molar-refractivity contribution in [2.75, 3.05) is 13.2 Å². The largest absolute Gasteiger partial charge is 0.394 e. The zero-order chi connectivity index (χ0) is 43.7. The molecule has 1 heterocycles. The molecule has 9 nitrogen and oxygen atoms in total. The van der Waals surface area contributed by atoms with Crippen LogP contribution in [-0.2, 0) is 14.3 Å². The number of hydrogen-bond donors (Lipinski definition) is 6. The number of aliphatic hydroxyl groups excluding tert-OH is 5. The molecule has 0 aromatic rings. The Morgan fingerprint density at radius 1 is 0.567 bits per heavy atom. The molecule has 1 amide bonds. The van der Waals surface area contributed by atoms with E-state index in [-0.39, 0.29) is 12.5 Å². The van der Waals surface area contributed by atoms with Crippen LogP contribution in [0.1, 0.15) is 226 Å². The molecule has 1 saturated heterocycles. The van der Waals surface area contributed by atoms with E-state index in [4.69, 9.17) is 9.47 Å². The van der Waals surface area contributed by atoms with Crippen LogP contribution < -0.4 is 5.32 Å². The predicted molar refractivity (Wildman–Crippen MR) is 249 cm³/mol. The standard InChI is InChI=1S/C51H95NO8/c1-3-5-7-9-11-13-15-17-19-21-22-23-24-25-27-29-31-33-35-37-39-41-47(55)52-44(43-59-51-50(58)49(57)48(56)46(42-53)60-51)45(54)40-38-36-34-32-30-28-26-20-18-16-14-12-10-8-6-4-2/h15,17,21-22,24-25,44-46,48-51,53-54,56-58H,3-14,16,18-20,23,26-43H2,1-2H3,(H,52,55)/b17-15-,22-21-,25-24-. The summed E-state index contributed by atoms with van der Waals surface area (Å²) in [5, 5.41) is 54.5. The first-order chi connectivity index (χ1) is 29.3. The van der Waals surface area contributed by atoms with Gasteiger partial charge >= 0.3 is 0 Å². The number of allylic oxidation sites excluding steroid dienone is 6. The molecule has 0 aromatic heterocycles. The van der Waals surface area contributed by atoms with E-state index >= 15 is 0 Å². The van der Waals surface area contributed by atoms with Crippen LogP contribution in [0.15, 0.2) is 36.5 Å². The van der Waals surface area contributed by atoms with E-state index in [1.165, 1.54) is 135 Å². The monoisotopic (exact) mass is 850 g/mol. The van der Waals surface area contributed by atoms with E-state index in [0.717, 1.165) is 64.2 Å². The fraction of sp³-hybridized carbons (Fsp3) is 0.863. The third-order valence-electron chi connectivity index (χ3n) is 12.0. The summed E-state index contributed by atoms with van der Waals surface area (Å²) < 4.78 is 11.3. The van der Waals surface area contributed by atoms with Gasteiger partial charge < -0.3 is 40.3 Å². The van der Waals surface area contributed by atoms with Gasteiger partial charge in [-0.15, -0.1) is 0 Å². The Hall–Kier alpha value is -1.59. The first-order valence-corrected chi connectivity index (χ1v) is 25.2. The SMILES string of the molecule is CCCCCCC/C=C\C/C=C\C/C=C\CCCCCCCCC(=O)NC(COC1OC(CO)C(O)C(O)C1O)C(O)CCCCCCCCCCCCCCCCCC. The molecule has 0 aromatic carbocycles. The van der Waals surface area contributed by atoms with Crippen LogP contribution in [0.2, 0.25) is 0 Å². The van der Waals surface area contributed by atoms with Gasteiger partial charge in [-0.05, 0) is 51.4 Å². The Bertz CT molecular complexity index is 1030. The number of carbonyl (C=O) groups excluding carboxylic acids is 1. The Labute approximate surface area is 368 Å². The van der Waals surface area contributed by atoms with Crippen molar-refractivity contribution in [1.29, 1.82) is 0 Å². The van der Waals surface area contributed by atoms with Crippen molar-refractivity contribution in [3.63, 3.8) is 0 Å². The topological polar surface area (TPSA) is 149 Å². The highest BCUT2D eigenvalue weighted by atomic mass is 16.7. The highest BCUT2D eigenvalue weighted by Crippen LogP contribution is 2.23. The summed E-state index contributed by atoms with van der Waals surface area (Å²) in [5.74, 6) is -0.156. The summed E-state index contributed by atoms with van der Waals surface area (Å²) in [7, 11) is 0. The molecule has 6 N–H and O–H groups in total. The van der Waals surface area contributed by atoms with Crippen LogP contribution in [-0.4, -0.2) is 87.5 Å². The number of ether oxygens (including phenoxy) is 2. The quantitative estimate of drug-likeness (QED) is 0.0263. The zero-order valence-corrected chi connectivity index (χ0v) is 38.7. The number of unbranched alkanes of at least 4 members (excludes halogenated alkanes) is 26. The van der Waals surface area contributed by atoms with Gasteiger partial charge in [-0.1, -0.05) is 204 Å². The summed E-state index contributed by atoms with van der Waals surface area (Å²) in [6, 6.07) is -0.725. The lowest BCUT2D eigenvalue weighted by Crippen LogP contribution is -2.60. The maximum absolute atomic E-state index is 13.0. The zero-order valence-electron chi connectivity index (χ0n) is 38.7. The third kappa shape index (κ3) is 31.3. The van der Waals surface area contributed by atoms with E-state index in [1.54, 1.807) is 0 Å². The van der Waals surface area contributed by atoms with Gasteiger partial charge in [0.15, 0.2) is 6.29 Å². The lowest BCUT2D eigenvalue weighted by Gasteiger charge is -2.40. The second-order valence-electron chi connectivity index (χ2n) is 17.6. The maximum atomic E-state index is 13.0. The van der Waals surface area contributed by atoms with Crippen LogP contribution in [0.25, 0.3) is 0 Å². The summed E-state index contributed by atoms with van der Waals surface area (Å²) in [6.07, 6.45) is 44.3. The first kappa shape index (κ1) is 56.4. The molecule has 7 atom stereocenters. The van der Waals surface area contributed by atoms with Crippen molar-refractivity contribution in [3.8, 4) is 0 Å². The van der Waals surface area contributed by atoms with E-state index in [1.807, 2.05) is 0 Å². The van der Waals surface area contributed by atoms with Gasteiger partial charge in [0.1, 0.15) is 24.4 Å². The third-order valence-corrected chi connectivity index (χ3v) is 12.0. The van der Waals surface area contributed by atoms with Gasteiger partial charge in [-0.3, -0.25) is 4.79 Å². The Kier molecular flexibility index (Phi) is 39.0. The average Bonchev–Trinajstić information content (AvgIpc) is 3.25. The first-order valence-electron chi connectivity index (χ1n) is 25.2. The van der Waals surface area contributed by atoms with Crippen molar-refractivity contribution < 1.29 is 39.8 Å². The molecule has 7 unspecified atom stereocenters. The molecular weight excluding hydrogens is 755 g/mol. The van der Waals surface area contributed by atoms with Gasteiger partial charge in [0.05, 0.1) is 25.4 Å². The molecule has 1 aliphatic heterocycles. The highest BCUT2D eigenvalue weighted by Gasteiger charge is 2.44. The summed E-state index contributed by atoms with van der Waals surface area (Å²) in [5.41, 5.74) is 0. The normalized spacial score (nSPS) is 20.8. The highest BCUT2D eigenvalue weighted by molar-refractivity contribution is 5.76. The minimum Gasteiger partial charge on any atom is -0.394 e. The fourth-order valence-electron chi connectivity index (χ4n) is 7.93. The van der Waals surface area contributed by atoms with Crippen molar-refractivity contribution in [2.24, 2.45) is 0 Å². The number of aliphatic hydroxyl groups is 5. The lowest BCUT2D eigenvalue weighted by atomic mass is 9.99. The molecule has 9 heteroatoms. The molecular formula is C51H95NO8. The van der Waals surface area contributed by atoms with Gasteiger partial charge in [-0.2, -0.15) is 0 Å². The van der Waals surface area contributed by atoms with Crippen molar-refractivity contribution in [3.05, 3.63) is 36.5 Å². The smallest absolute Gasteiger partial charge is 0.220 e. The summed E-state index contributed by atoms with van der Waals surface area (Å²) in [4.78, 5) is 13.0. The molecule has 352 valence electrons. The van der Waals surface area contributed by atoms with E-state index in [2.05, 4.69) is 55.6 Å². The predicted octanol–water partition coefficient (Wildman–Crippen LogP) is 11.2. The average molecular weight is 850 g/mol. The van der Waals surface area contributed by atoms with E-state index in [0.29, 0.717) is 12.8 Å². The van der Waals surface area contributed by atoms with Crippen LogP contribution >= 0.6 is 0 Å². The number of hydrogen-bond acceptors (Lipinski definition) is 8. The van der Waals surface area contributed by atoms with Gasteiger partial charge in [0, 0.05) is 6.42 Å². The minimum atomic E-state index is -1.56. The van der Waals surface area contributed by atoms with Crippen LogP contribution in [0, 0.1) is 0 Å². The van der Waals surface area contributed by atoms with Gasteiger partial charge in [0.25, 0.3) is 0 Å². The van der Waals surface area contributed by atoms with Gasteiger partial charge in [-0.25, -0.2) is 0 Å². The molecule has 0 radical (unpaired) electrons. The number of amides is 1. The Morgan fingerprint density at radius 3 is 1.45 bits per heavy atom. The fourth-order valence-corrected chi connectivity index (χ4v) is 7.93. The van der Waals surface area contributed by atoms with E-state index < -0.39 is 49.5 Å². The number of rotatable bonds is 42. The molecule has 0 bridgehead atoms. The van der Waals surface area contributed by atoms with Crippen LogP contribution in [0.3, 0.4) is 0 Å². The molecule has 1 aliphatic rings. The second kappa shape index (κ2) is 41.4. The molecule has 1 rings (SSSR count). The summed E-state index contributed by atoms with van der Waals surface area (Å²) in [6.45, 7) is 3.82. The van der Waals surface area contributed by atoms with Crippen molar-refractivity contribution in [2.45, 2.75) is 269 Å².